The van der Waals surface area contributed by atoms with E-state index in [9.17, 15) is 9.59 Å². The van der Waals surface area contributed by atoms with E-state index in [1.165, 1.54) is 21.3 Å². The maximum Gasteiger partial charge on any atom is 0.254 e. The molecule has 0 atom stereocenters. The first kappa shape index (κ1) is 22.4. The molecule has 0 saturated carbocycles. The third kappa shape index (κ3) is 5.46. The van der Waals surface area contributed by atoms with Crippen molar-refractivity contribution in [2.45, 2.75) is 6.54 Å². The van der Waals surface area contributed by atoms with Gasteiger partial charge in [-0.05, 0) is 17.7 Å². The van der Waals surface area contributed by atoms with Gasteiger partial charge in [0.25, 0.3) is 5.91 Å². The molecular weight excluding hydrogens is 398 g/mol. The van der Waals surface area contributed by atoms with Crippen molar-refractivity contribution in [1.82, 2.24) is 15.1 Å². The highest BCUT2D eigenvalue weighted by Crippen LogP contribution is 2.38. The number of rotatable bonds is 8. The Labute approximate surface area is 182 Å². The highest BCUT2D eigenvalue weighted by Gasteiger charge is 2.25. The highest BCUT2D eigenvalue weighted by atomic mass is 16.5. The monoisotopic (exact) mass is 427 g/mol. The standard InChI is InChI=1S/C23H29N3O5/c1-29-19-13-18(14-20(30-2)22(19)31-3)23(28)26(15-17-7-5-4-6-8-17)16-21(27)25-11-9-24-10-12-25/h4-8,13-14,24H,9-12,15-16H2,1-3H3. The Kier molecular flexibility index (Phi) is 7.72. The minimum atomic E-state index is -0.286. The minimum Gasteiger partial charge on any atom is -0.493 e. The van der Waals surface area contributed by atoms with E-state index in [0.29, 0.717) is 42.4 Å². The van der Waals surface area contributed by atoms with Crippen LogP contribution in [0.25, 0.3) is 0 Å². The Morgan fingerprint density at radius 2 is 1.58 bits per heavy atom. The zero-order valence-corrected chi connectivity index (χ0v) is 18.2. The highest BCUT2D eigenvalue weighted by molar-refractivity contribution is 5.97. The Morgan fingerprint density at radius 3 is 2.13 bits per heavy atom. The molecule has 31 heavy (non-hydrogen) atoms. The topological polar surface area (TPSA) is 80.3 Å². The van der Waals surface area contributed by atoms with Crippen LogP contribution in [0.4, 0.5) is 0 Å². The fraction of sp³-hybridized carbons (Fsp3) is 0.391. The molecule has 0 bridgehead atoms. The predicted octanol–water partition coefficient (Wildman–Crippen LogP) is 1.79. The van der Waals surface area contributed by atoms with Crippen molar-refractivity contribution in [3.05, 3.63) is 53.6 Å². The number of amides is 2. The van der Waals surface area contributed by atoms with Crippen LogP contribution in [-0.4, -0.2) is 75.7 Å². The number of nitrogens with zero attached hydrogens (tertiary/aromatic N) is 2. The predicted molar refractivity (Wildman–Crippen MR) is 117 cm³/mol. The molecule has 2 amide bonds. The lowest BCUT2D eigenvalue weighted by Gasteiger charge is -2.30. The number of benzene rings is 2. The zero-order valence-electron chi connectivity index (χ0n) is 18.2. The summed E-state index contributed by atoms with van der Waals surface area (Å²) in [5.41, 5.74) is 1.30. The molecule has 0 spiro atoms. The molecule has 0 unspecified atom stereocenters. The summed E-state index contributed by atoms with van der Waals surface area (Å²) in [5.74, 6) is 0.828. The quantitative estimate of drug-likeness (QED) is 0.692. The Hall–Kier alpha value is -3.26. The summed E-state index contributed by atoms with van der Waals surface area (Å²) in [5, 5.41) is 3.23. The van der Waals surface area contributed by atoms with E-state index in [-0.39, 0.29) is 18.4 Å². The molecule has 2 aromatic rings. The zero-order chi connectivity index (χ0) is 22.2. The molecule has 1 saturated heterocycles. The van der Waals surface area contributed by atoms with E-state index in [2.05, 4.69) is 5.32 Å². The summed E-state index contributed by atoms with van der Waals surface area (Å²) in [4.78, 5) is 29.8. The molecule has 1 fully saturated rings. The molecule has 0 aromatic heterocycles. The minimum absolute atomic E-state index is 0.00954. The number of piperazine rings is 1. The summed E-state index contributed by atoms with van der Waals surface area (Å²) in [6, 6.07) is 12.8. The Balaban J connectivity index is 1.90. The third-order valence-corrected chi connectivity index (χ3v) is 5.21. The van der Waals surface area contributed by atoms with Gasteiger partial charge in [-0.1, -0.05) is 30.3 Å². The second-order valence-electron chi connectivity index (χ2n) is 7.19. The van der Waals surface area contributed by atoms with Gasteiger partial charge in [0.15, 0.2) is 11.5 Å². The molecule has 1 aliphatic heterocycles. The van der Waals surface area contributed by atoms with Crippen molar-refractivity contribution in [3.8, 4) is 17.2 Å². The number of hydrogen-bond donors (Lipinski definition) is 1. The first-order valence-electron chi connectivity index (χ1n) is 10.2. The van der Waals surface area contributed by atoms with Crippen LogP contribution in [-0.2, 0) is 11.3 Å². The van der Waals surface area contributed by atoms with Crippen molar-refractivity contribution in [2.24, 2.45) is 0 Å². The van der Waals surface area contributed by atoms with E-state index < -0.39 is 0 Å². The van der Waals surface area contributed by atoms with Gasteiger partial charge >= 0.3 is 0 Å². The van der Waals surface area contributed by atoms with Crippen LogP contribution < -0.4 is 19.5 Å². The van der Waals surface area contributed by atoms with Gasteiger partial charge in [-0.15, -0.1) is 0 Å². The van der Waals surface area contributed by atoms with Crippen molar-refractivity contribution in [1.29, 1.82) is 0 Å². The van der Waals surface area contributed by atoms with Crippen molar-refractivity contribution in [2.75, 3.05) is 54.1 Å². The van der Waals surface area contributed by atoms with Crippen LogP contribution in [0, 0.1) is 0 Å². The molecule has 166 valence electrons. The summed E-state index contributed by atoms with van der Waals surface area (Å²) in [6.07, 6.45) is 0. The number of carbonyl (C=O) groups excluding carboxylic acids is 2. The lowest BCUT2D eigenvalue weighted by atomic mass is 10.1. The normalized spacial score (nSPS) is 13.5. The van der Waals surface area contributed by atoms with E-state index >= 15 is 0 Å². The number of ether oxygens (including phenoxy) is 3. The van der Waals surface area contributed by atoms with Gasteiger partial charge in [0.05, 0.1) is 21.3 Å². The smallest absolute Gasteiger partial charge is 0.254 e. The van der Waals surface area contributed by atoms with E-state index in [4.69, 9.17) is 14.2 Å². The van der Waals surface area contributed by atoms with Crippen LogP contribution in [0.3, 0.4) is 0 Å². The lowest BCUT2D eigenvalue weighted by Crippen LogP contribution is -2.50. The van der Waals surface area contributed by atoms with Gasteiger partial charge in [0.1, 0.15) is 6.54 Å². The second kappa shape index (κ2) is 10.7. The number of methoxy groups -OCH3 is 3. The molecule has 1 N–H and O–H groups in total. The van der Waals surface area contributed by atoms with E-state index in [1.54, 1.807) is 21.9 Å². The summed E-state index contributed by atoms with van der Waals surface area (Å²) >= 11 is 0. The van der Waals surface area contributed by atoms with Crippen LogP contribution in [0.1, 0.15) is 15.9 Å². The van der Waals surface area contributed by atoms with Gasteiger partial charge in [0.2, 0.25) is 11.7 Å². The van der Waals surface area contributed by atoms with Gasteiger partial charge < -0.3 is 29.3 Å². The van der Waals surface area contributed by atoms with Crippen LogP contribution in [0.2, 0.25) is 0 Å². The average Bonchev–Trinajstić information content (AvgIpc) is 2.83. The molecule has 3 rings (SSSR count). The van der Waals surface area contributed by atoms with Crippen LogP contribution in [0.5, 0.6) is 17.2 Å². The number of nitrogens with one attached hydrogen (secondary N) is 1. The first-order valence-corrected chi connectivity index (χ1v) is 10.2. The van der Waals surface area contributed by atoms with Crippen LogP contribution >= 0.6 is 0 Å². The fourth-order valence-corrected chi connectivity index (χ4v) is 3.57. The van der Waals surface area contributed by atoms with Gasteiger partial charge in [-0.3, -0.25) is 9.59 Å². The number of hydrogen-bond acceptors (Lipinski definition) is 6. The maximum absolute atomic E-state index is 13.5. The molecule has 8 nitrogen and oxygen atoms in total. The van der Waals surface area contributed by atoms with E-state index in [0.717, 1.165) is 18.7 Å². The summed E-state index contributed by atoms with van der Waals surface area (Å²) < 4.78 is 16.1. The summed E-state index contributed by atoms with van der Waals surface area (Å²) in [6.45, 7) is 3.09. The van der Waals surface area contributed by atoms with E-state index in [1.807, 2.05) is 30.3 Å². The Morgan fingerprint density at radius 1 is 0.968 bits per heavy atom. The van der Waals surface area contributed by atoms with Gasteiger partial charge in [-0.2, -0.15) is 0 Å². The van der Waals surface area contributed by atoms with Crippen LogP contribution in [0.15, 0.2) is 42.5 Å². The fourth-order valence-electron chi connectivity index (χ4n) is 3.57. The molecule has 0 aliphatic carbocycles. The molecular formula is C23H29N3O5. The van der Waals surface area contributed by atoms with Crippen molar-refractivity contribution in [3.63, 3.8) is 0 Å². The van der Waals surface area contributed by atoms with Gasteiger partial charge in [-0.25, -0.2) is 0 Å². The lowest BCUT2D eigenvalue weighted by molar-refractivity contribution is -0.132. The van der Waals surface area contributed by atoms with Gasteiger partial charge in [0, 0.05) is 38.3 Å². The molecule has 8 heteroatoms. The molecule has 1 heterocycles. The third-order valence-electron chi connectivity index (χ3n) is 5.21. The summed E-state index contributed by atoms with van der Waals surface area (Å²) in [7, 11) is 4.51. The largest absolute Gasteiger partial charge is 0.493 e. The average molecular weight is 428 g/mol. The Bertz CT molecular complexity index is 872. The van der Waals surface area contributed by atoms with Crippen molar-refractivity contribution < 1.29 is 23.8 Å². The SMILES string of the molecule is COc1cc(C(=O)N(CC(=O)N2CCNCC2)Cc2ccccc2)cc(OC)c1OC. The maximum atomic E-state index is 13.5. The molecule has 0 radical (unpaired) electrons. The molecule has 1 aliphatic rings. The molecule has 2 aromatic carbocycles. The number of carbonyl (C=O) groups is 2. The van der Waals surface area contributed by atoms with Crippen molar-refractivity contribution >= 4 is 11.8 Å². The second-order valence-corrected chi connectivity index (χ2v) is 7.19. The first-order chi connectivity index (χ1) is 15.1.